The van der Waals surface area contributed by atoms with Crippen molar-refractivity contribution in [3.05, 3.63) is 0 Å². The minimum absolute atomic E-state index is 0.890. The van der Waals surface area contributed by atoms with Gasteiger partial charge in [-0.1, -0.05) is 0 Å². The Balaban J connectivity index is 3.92. The Hall–Kier alpha value is -0.860. The Morgan fingerprint density at radius 1 is 1.50 bits per heavy atom. The Morgan fingerprint density at radius 3 is 2.33 bits per heavy atom. The fourth-order valence-corrected chi connectivity index (χ4v) is 0.527. The molecule has 0 aliphatic rings. The summed E-state index contributed by atoms with van der Waals surface area (Å²) in [6.07, 6.45) is -2.31. The highest BCUT2D eigenvalue weighted by Gasteiger charge is 2.15. The number of hydrogen-bond donors (Lipinski definition) is 1. The van der Waals surface area contributed by atoms with Crippen LogP contribution < -0.4 is 5.14 Å². The Labute approximate surface area is 69.6 Å². The predicted molar refractivity (Wildman–Crippen MR) is 37.1 cm³/mol. The number of carbonyl (C=O) groups is 1. The summed E-state index contributed by atoms with van der Waals surface area (Å²) in [5.74, 6) is 0. The highest BCUT2D eigenvalue weighted by Crippen LogP contribution is 1.96. The van der Waals surface area contributed by atoms with Gasteiger partial charge in [-0.05, 0) is 6.92 Å². The molecule has 72 valence electrons. The maximum atomic E-state index is 10.4. The van der Waals surface area contributed by atoms with Gasteiger partial charge >= 0.3 is 16.5 Å². The lowest BCUT2D eigenvalue weighted by Gasteiger charge is -2.08. The smallest absolute Gasteiger partial charge is 0.404 e. The van der Waals surface area contributed by atoms with Crippen LogP contribution in [0.3, 0.4) is 0 Å². The van der Waals surface area contributed by atoms with Gasteiger partial charge in [-0.15, -0.1) is 0 Å². The van der Waals surface area contributed by atoms with Crippen LogP contribution in [0.4, 0.5) is 4.79 Å². The SMILES string of the molecule is COC(C)OC(=O)OS(N)(=O)=O. The standard InChI is InChI=1S/C4H9NO6S/c1-3(9-2)10-4(6)11-12(5,7)8/h3H,1-2H3,(H2,5,7,8). The minimum Gasteiger partial charge on any atom is -0.404 e. The first-order valence-corrected chi connectivity index (χ1v) is 4.28. The molecule has 0 saturated carbocycles. The van der Waals surface area contributed by atoms with Crippen molar-refractivity contribution in [2.75, 3.05) is 7.11 Å². The fraction of sp³-hybridized carbons (Fsp3) is 0.750. The molecule has 1 atom stereocenters. The lowest BCUT2D eigenvalue weighted by Crippen LogP contribution is -2.24. The van der Waals surface area contributed by atoms with E-state index >= 15 is 0 Å². The number of nitrogens with two attached hydrogens (primary N) is 1. The normalized spacial score (nSPS) is 13.6. The first-order chi connectivity index (χ1) is 5.35. The molecule has 0 bridgehead atoms. The fourth-order valence-electron chi connectivity index (χ4n) is 0.298. The van der Waals surface area contributed by atoms with E-state index in [1.54, 1.807) is 0 Å². The van der Waals surface area contributed by atoms with E-state index in [9.17, 15) is 13.2 Å². The van der Waals surface area contributed by atoms with Gasteiger partial charge in [-0.25, -0.2) is 4.79 Å². The molecule has 0 rings (SSSR count). The Kier molecular flexibility index (Phi) is 3.93. The molecule has 0 amide bonds. The third kappa shape index (κ3) is 5.89. The quantitative estimate of drug-likeness (QED) is 0.477. The first kappa shape index (κ1) is 11.1. The van der Waals surface area contributed by atoms with Gasteiger partial charge < -0.3 is 9.47 Å². The summed E-state index contributed by atoms with van der Waals surface area (Å²) in [5, 5.41) is 4.36. The van der Waals surface area contributed by atoms with E-state index in [1.807, 2.05) is 0 Å². The van der Waals surface area contributed by atoms with Crippen molar-refractivity contribution in [3.8, 4) is 0 Å². The second-order valence-electron chi connectivity index (χ2n) is 1.75. The second-order valence-corrected chi connectivity index (χ2v) is 2.90. The Morgan fingerprint density at radius 2 is 2.00 bits per heavy atom. The molecule has 0 fully saturated rings. The van der Waals surface area contributed by atoms with Crippen LogP contribution >= 0.6 is 0 Å². The molecule has 1 unspecified atom stereocenters. The average Bonchev–Trinajstić information content (AvgIpc) is 1.82. The van der Waals surface area contributed by atoms with Crippen molar-refractivity contribution in [2.45, 2.75) is 13.2 Å². The molecule has 0 saturated heterocycles. The van der Waals surface area contributed by atoms with E-state index in [2.05, 4.69) is 18.8 Å². The molecule has 7 nitrogen and oxygen atoms in total. The third-order valence-electron chi connectivity index (χ3n) is 0.778. The molecule has 0 aromatic rings. The number of rotatable bonds is 3. The molecule has 12 heavy (non-hydrogen) atoms. The van der Waals surface area contributed by atoms with Gasteiger partial charge in [0.05, 0.1) is 0 Å². The van der Waals surface area contributed by atoms with Gasteiger partial charge in [0.1, 0.15) is 0 Å². The van der Waals surface area contributed by atoms with E-state index in [1.165, 1.54) is 14.0 Å². The van der Waals surface area contributed by atoms with Crippen molar-refractivity contribution in [3.63, 3.8) is 0 Å². The van der Waals surface area contributed by atoms with Crippen molar-refractivity contribution < 1.29 is 26.9 Å². The van der Waals surface area contributed by atoms with Crippen LogP contribution in [0.2, 0.25) is 0 Å². The molecule has 0 aromatic heterocycles. The van der Waals surface area contributed by atoms with Crippen LogP contribution in [0.15, 0.2) is 0 Å². The molecule has 0 heterocycles. The Bertz CT molecular complexity index is 246. The van der Waals surface area contributed by atoms with E-state index in [-0.39, 0.29) is 0 Å². The average molecular weight is 199 g/mol. The molecule has 0 aromatic carbocycles. The maximum Gasteiger partial charge on any atom is 0.527 e. The highest BCUT2D eigenvalue weighted by molar-refractivity contribution is 7.84. The van der Waals surface area contributed by atoms with Crippen molar-refractivity contribution >= 4 is 16.5 Å². The molecule has 0 aliphatic carbocycles. The van der Waals surface area contributed by atoms with Crippen LogP contribution in [0, 0.1) is 0 Å². The number of ether oxygens (including phenoxy) is 2. The molecular formula is C4H9NO6S. The zero-order valence-corrected chi connectivity index (χ0v) is 7.33. The largest absolute Gasteiger partial charge is 0.527 e. The van der Waals surface area contributed by atoms with Crippen molar-refractivity contribution in [1.29, 1.82) is 0 Å². The van der Waals surface area contributed by atoms with E-state index in [0.29, 0.717) is 0 Å². The predicted octanol–water partition coefficient (Wildman–Crippen LogP) is -0.664. The van der Waals surface area contributed by atoms with Crippen LogP contribution in [0.5, 0.6) is 0 Å². The highest BCUT2D eigenvalue weighted by atomic mass is 32.2. The summed E-state index contributed by atoms with van der Waals surface area (Å²) in [5.41, 5.74) is 0. The number of hydrogen-bond acceptors (Lipinski definition) is 6. The monoisotopic (exact) mass is 199 g/mol. The number of methoxy groups -OCH3 is 1. The summed E-state index contributed by atoms with van der Waals surface area (Å²) >= 11 is 0. The molecule has 0 aliphatic heterocycles. The topological polar surface area (TPSA) is 105 Å². The maximum absolute atomic E-state index is 10.4. The van der Waals surface area contributed by atoms with E-state index in [0.717, 1.165) is 0 Å². The molecular weight excluding hydrogens is 190 g/mol. The molecule has 0 spiro atoms. The van der Waals surface area contributed by atoms with Gasteiger partial charge in [-0.3, -0.25) is 4.18 Å². The van der Waals surface area contributed by atoms with Gasteiger partial charge in [-0.2, -0.15) is 13.6 Å². The lowest BCUT2D eigenvalue weighted by atomic mass is 10.8. The number of carbonyl (C=O) groups excluding carboxylic acids is 1. The van der Waals surface area contributed by atoms with Crippen LogP contribution in [0.1, 0.15) is 6.92 Å². The molecule has 8 heteroatoms. The van der Waals surface area contributed by atoms with Crippen LogP contribution in [0.25, 0.3) is 0 Å². The van der Waals surface area contributed by atoms with Crippen molar-refractivity contribution in [1.82, 2.24) is 0 Å². The minimum atomic E-state index is -4.31. The zero-order valence-electron chi connectivity index (χ0n) is 6.51. The van der Waals surface area contributed by atoms with Gasteiger partial charge in [0, 0.05) is 7.11 Å². The first-order valence-electron chi connectivity index (χ1n) is 2.81. The van der Waals surface area contributed by atoms with Gasteiger partial charge in [0.2, 0.25) is 6.29 Å². The third-order valence-corrected chi connectivity index (χ3v) is 1.15. The van der Waals surface area contributed by atoms with Crippen LogP contribution in [-0.4, -0.2) is 28.0 Å². The zero-order chi connectivity index (χ0) is 9.78. The van der Waals surface area contributed by atoms with E-state index < -0.39 is 22.7 Å². The van der Waals surface area contributed by atoms with Crippen molar-refractivity contribution in [2.24, 2.45) is 5.14 Å². The second kappa shape index (κ2) is 4.24. The molecule has 2 N–H and O–H groups in total. The lowest BCUT2D eigenvalue weighted by molar-refractivity contribution is -0.0800. The molecule has 0 radical (unpaired) electrons. The summed E-state index contributed by atoms with van der Waals surface area (Å²) in [6.45, 7) is 1.38. The summed E-state index contributed by atoms with van der Waals surface area (Å²) in [7, 11) is -3.03. The summed E-state index contributed by atoms with van der Waals surface area (Å²) in [6, 6.07) is 0. The van der Waals surface area contributed by atoms with Gasteiger partial charge in [0.15, 0.2) is 0 Å². The van der Waals surface area contributed by atoms with E-state index in [4.69, 9.17) is 0 Å². The van der Waals surface area contributed by atoms with Gasteiger partial charge in [0.25, 0.3) is 0 Å². The summed E-state index contributed by atoms with van der Waals surface area (Å²) < 4.78 is 32.6. The van der Waals surface area contributed by atoms with Crippen LogP contribution in [-0.2, 0) is 24.0 Å². The summed E-state index contributed by atoms with van der Waals surface area (Å²) in [4.78, 5) is 10.4.